The van der Waals surface area contributed by atoms with E-state index in [1.807, 2.05) is 60.7 Å². The Morgan fingerprint density at radius 2 is 1.84 bits per heavy atom. The quantitative estimate of drug-likeness (QED) is 0.259. The van der Waals surface area contributed by atoms with Crippen LogP contribution in [0, 0.1) is 0 Å². The van der Waals surface area contributed by atoms with Crippen molar-refractivity contribution in [1.29, 1.82) is 0 Å². The minimum atomic E-state index is -1.17. The highest BCUT2D eigenvalue weighted by Crippen LogP contribution is 2.42. The summed E-state index contributed by atoms with van der Waals surface area (Å²) in [7, 11) is 0. The minimum absolute atomic E-state index is 0.234. The summed E-state index contributed by atoms with van der Waals surface area (Å²) in [6.45, 7) is 6.30. The van der Waals surface area contributed by atoms with E-state index >= 15 is 0 Å². The highest BCUT2D eigenvalue weighted by Gasteiger charge is 2.57. The largest absolute Gasteiger partial charge is 0.370 e. The van der Waals surface area contributed by atoms with Crippen LogP contribution in [0.15, 0.2) is 78.4 Å². The van der Waals surface area contributed by atoms with Crippen LogP contribution in [-0.2, 0) is 30.3 Å². The summed E-state index contributed by atoms with van der Waals surface area (Å²) < 4.78 is 30.7. The zero-order chi connectivity index (χ0) is 22.4. The van der Waals surface area contributed by atoms with Crippen molar-refractivity contribution in [3.05, 3.63) is 94.9 Å². The zero-order valence-corrected chi connectivity index (χ0v) is 17.9. The van der Waals surface area contributed by atoms with Gasteiger partial charge in [0.2, 0.25) is 0 Å². The SMILES string of the molecule is C=CCOC1OC2COC(c3ccccc3)OC2C(OCc2ccccc2)C1(C)N=[N+]=[N-]. The second kappa shape index (κ2) is 10.3. The third-order valence-electron chi connectivity index (χ3n) is 5.68. The molecule has 8 nitrogen and oxygen atoms in total. The molecule has 0 bridgehead atoms. The van der Waals surface area contributed by atoms with E-state index in [0.29, 0.717) is 6.61 Å². The lowest BCUT2D eigenvalue weighted by atomic mass is 9.84. The molecule has 8 heteroatoms. The molecule has 0 N–H and O–H groups in total. The standard InChI is InChI=1S/C24H27N3O5/c1-3-14-28-23-24(2,26-27-25)21(29-15-17-10-6-4-7-11-17)20-19(31-23)16-30-22(32-20)18-12-8-5-9-13-18/h3-13,19-23H,1,14-16H2,2H3. The molecule has 0 amide bonds. The van der Waals surface area contributed by atoms with Crippen LogP contribution in [0.5, 0.6) is 0 Å². The van der Waals surface area contributed by atoms with E-state index in [4.69, 9.17) is 23.7 Å². The maximum atomic E-state index is 9.36. The van der Waals surface area contributed by atoms with Gasteiger partial charge in [0.1, 0.15) is 23.9 Å². The molecule has 2 aliphatic heterocycles. The van der Waals surface area contributed by atoms with Crippen LogP contribution < -0.4 is 0 Å². The third-order valence-corrected chi connectivity index (χ3v) is 5.68. The maximum Gasteiger partial charge on any atom is 0.184 e. The van der Waals surface area contributed by atoms with E-state index in [-0.39, 0.29) is 13.2 Å². The molecule has 4 rings (SSSR count). The number of ether oxygens (including phenoxy) is 5. The average Bonchev–Trinajstić information content (AvgIpc) is 2.83. The van der Waals surface area contributed by atoms with Gasteiger partial charge >= 0.3 is 0 Å². The van der Waals surface area contributed by atoms with Gasteiger partial charge in [0.05, 0.1) is 19.8 Å². The Balaban J connectivity index is 1.64. The molecule has 0 aliphatic carbocycles. The Kier molecular flexibility index (Phi) is 7.22. The van der Waals surface area contributed by atoms with Crippen LogP contribution in [-0.4, -0.2) is 43.4 Å². The van der Waals surface area contributed by atoms with Crippen molar-refractivity contribution in [2.75, 3.05) is 13.2 Å². The molecule has 0 saturated carbocycles. The summed E-state index contributed by atoms with van der Waals surface area (Å²) in [5.74, 6) is 0. The smallest absolute Gasteiger partial charge is 0.184 e. The van der Waals surface area contributed by atoms with Crippen LogP contribution in [0.4, 0.5) is 0 Å². The van der Waals surface area contributed by atoms with E-state index in [1.54, 1.807) is 13.0 Å². The first-order chi connectivity index (χ1) is 15.7. The van der Waals surface area contributed by atoms with Crippen LogP contribution in [0.25, 0.3) is 10.4 Å². The second-order valence-corrected chi connectivity index (χ2v) is 7.94. The summed E-state index contributed by atoms with van der Waals surface area (Å²) in [4.78, 5) is 3.08. The van der Waals surface area contributed by atoms with Crippen molar-refractivity contribution in [2.24, 2.45) is 5.11 Å². The third kappa shape index (κ3) is 4.71. The molecular weight excluding hydrogens is 410 g/mol. The fourth-order valence-corrected chi connectivity index (χ4v) is 4.07. The maximum absolute atomic E-state index is 9.36. The molecule has 0 radical (unpaired) electrons. The van der Waals surface area contributed by atoms with Gasteiger partial charge in [-0.15, -0.1) is 6.58 Å². The van der Waals surface area contributed by atoms with E-state index in [9.17, 15) is 5.53 Å². The fourth-order valence-electron chi connectivity index (χ4n) is 4.07. The molecule has 32 heavy (non-hydrogen) atoms. The van der Waals surface area contributed by atoms with Gasteiger partial charge in [0.15, 0.2) is 12.6 Å². The number of hydrogen-bond acceptors (Lipinski definition) is 6. The number of rotatable bonds is 8. The topological polar surface area (TPSA) is 94.9 Å². The first-order valence-electron chi connectivity index (χ1n) is 10.6. The molecule has 2 saturated heterocycles. The molecule has 6 unspecified atom stereocenters. The van der Waals surface area contributed by atoms with Crippen molar-refractivity contribution >= 4 is 0 Å². The van der Waals surface area contributed by atoms with E-state index in [2.05, 4.69) is 16.6 Å². The molecule has 2 aliphatic rings. The van der Waals surface area contributed by atoms with Crippen LogP contribution in [0.2, 0.25) is 0 Å². The summed E-state index contributed by atoms with van der Waals surface area (Å²) in [6.07, 6.45) is -1.43. The van der Waals surface area contributed by atoms with Crippen LogP contribution in [0.3, 0.4) is 0 Å². The summed E-state index contributed by atoms with van der Waals surface area (Å²) in [5, 5.41) is 4.08. The first-order valence-corrected chi connectivity index (χ1v) is 10.6. The van der Waals surface area contributed by atoms with Crippen LogP contribution in [0.1, 0.15) is 24.3 Å². The lowest BCUT2D eigenvalue weighted by molar-refractivity contribution is -0.359. The summed E-state index contributed by atoms with van der Waals surface area (Å²) in [6, 6.07) is 19.5. The van der Waals surface area contributed by atoms with Gasteiger partial charge in [-0.1, -0.05) is 71.9 Å². The number of fused-ring (bicyclic) bond motifs is 1. The predicted octanol–water partition coefficient (Wildman–Crippen LogP) is 4.68. The number of azide groups is 1. The molecular formula is C24H27N3O5. The van der Waals surface area contributed by atoms with Crippen molar-refractivity contribution in [2.45, 2.75) is 50.0 Å². The normalized spacial score (nSPS) is 31.8. The molecule has 2 fully saturated rings. The first kappa shape index (κ1) is 22.5. The van der Waals surface area contributed by atoms with E-state index in [1.165, 1.54) is 0 Å². The van der Waals surface area contributed by atoms with Gasteiger partial charge in [0.25, 0.3) is 0 Å². The number of hydrogen-bond donors (Lipinski definition) is 0. The van der Waals surface area contributed by atoms with Gasteiger partial charge in [-0.25, -0.2) is 0 Å². The number of nitrogens with zero attached hydrogens (tertiary/aromatic N) is 3. The highest BCUT2D eigenvalue weighted by molar-refractivity contribution is 5.18. The molecule has 168 valence electrons. The second-order valence-electron chi connectivity index (χ2n) is 7.94. The lowest BCUT2D eigenvalue weighted by Gasteiger charge is -2.52. The average molecular weight is 437 g/mol. The zero-order valence-electron chi connectivity index (χ0n) is 17.9. The minimum Gasteiger partial charge on any atom is -0.370 e. The van der Waals surface area contributed by atoms with Gasteiger partial charge in [-0.05, 0) is 18.0 Å². The van der Waals surface area contributed by atoms with Gasteiger partial charge in [-0.3, -0.25) is 0 Å². The van der Waals surface area contributed by atoms with Crippen molar-refractivity contribution in [1.82, 2.24) is 0 Å². The van der Waals surface area contributed by atoms with E-state index in [0.717, 1.165) is 11.1 Å². The van der Waals surface area contributed by atoms with Crippen molar-refractivity contribution in [3.63, 3.8) is 0 Å². The molecule has 2 heterocycles. The Labute approximate surface area is 187 Å². The fraction of sp³-hybridized carbons (Fsp3) is 0.417. The number of benzene rings is 2. The lowest BCUT2D eigenvalue weighted by Crippen LogP contribution is -2.67. The molecule has 6 atom stereocenters. The van der Waals surface area contributed by atoms with Gasteiger partial charge in [-0.2, -0.15) is 0 Å². The Morgan fingerprint density at radius 3 is 2.53 bits per heavy atom. The summed E-state index contributed by atoms with van der Waals surface area (Å²) >= 11 is 0. The monoisotopic (exact) mass is 437 g/mol. The van der Waals surface area contributed by atoms with Crippen molar-refractivity contribution in [3.8, 4) is 0 Å². The predicted molar refractivity (Wildman–Crippen MR) is 117 cm³/mol. The van der Waals surface area contributed by atoms with Gasteiger partial charge < -0.3 is 23.7 Å². The van der Waals surface area contributed by atoms with Crippen molar-refractivity contribution < 1.29 is 23.7 Å². The Bertz CT molecular complexity index is 937. The summed E-state index contributed by atoms with van der Waals surface area (Å²) in [5.41, 5.74) is 10.1. The molecule has 0 spiro atoms. The Morgan fingerprint density at radius 1 is 1.12 bits per heavy atom. The Hall–Kier alpha value is -2.71. The molecule has 2 aromatic carbocycles. The van der Waals surface area contributed by atoms with E-state index < -0.39 is 36.4 Å². The van der Waals surface area contributed by atoms with Gasteiger partial charge in [0, 0.05) is 10.5 Å². The van der Waals surface area contributed by atoms with Crippen LogP contribution >= 0.6 is 0 Å². The molecule has 0 aromatic heterocycles. The molecule has 2 aromatic rings. The highest BCUT2D eigenvalue weighted by atomic mass is 16.8.